The summed E-state index contributed by atoms with van der Waals surface area (Å²) in [6.45, 7) is 2.39. The van der Waals surface area contributed by atoms with Gasteiger partial charge in [0.2, 0.25) is 0 Å². The van der Waals surface area contributed by atoms with Crippen molar-refractivity contribution in [2.45, 2.75) is 19.1 Å². The molecule has 0 unspecified atom stereocenters. The standard InChI is InChI=1S/C20H38N4O9/c1-2-33-20(32)13-23-5-3-21(11-18(28)29)7-9-24(16(14-25)17(27)15-26)10-8-22(4-6-23)12-19(30)31/h16-17,25-27H,2-15H2,1H3,(H,28,29)(H,30,31)/p-2/t16-,17-/m1/s1. The second-order valence-electron chi connectivity index (χ2n) is 7.91. The Morgan fingerprint density at radius 1 is 0.788 bits per heavy atom. The number of hydrogen-bond donors (Lipinski definition) is 3. The summed E-state index contributed by atoms with van der Waals surface area (Å²) in [6, 6.07) is -0.812. The van der Waals surface area contributed by atoms with E-state index in [1.54, 1.807) is 26.5 Å². The number of rotatable bonds is 11. The molecular formula is C20H36N4O9-2. The maximum atomic E-state index is 12.0. The number of carbonyl (C=O) groups excluding carboxylic acids is 3. The molecule has 0 aromatic rings. The van der Waals surface area contributed by atoms with E-state index in [1.165, 1.54) is 0 Å². The molecule has 0 spiro atoms. The number of carboxylic acid groups (broad SMARTS) is 2. The Morgan fingerprint density at radius 2 is 1.21 bits per heavy atom. The van der Waals surface area contributed by atoms with Crippen LogP contribution in [-0.2, 0) is 19.1 Å². The van der Waals surface area contributed by atoms with Gasteiger partial charge < -0.3 is 39.9 Å². The van der Waals surface area contributed by atoms with Gasteiger partial charge in [0, 0.05) is 65.4 Å². The molecule has 13 heteroatoms. The molecule has 192 valence electrons. The van der Waals surface area contributed by atoms with Gasteiger partial charge in [-0.15, -0.1) is 0 Å². The van der Waals surface area contributed by atoms with E-state index in [0.29, 0.717) is 13.1 Å². The van der Waals surface area contributed by atoms with Crippen LogP contribution in [0.15, 0.2) is 0 Å². The van der Waals surface area contributed by atoms with Gasteiger partial charge in [-0.3, -0.25) is 24.4 Å². The summed E-state index contributed by atoms with van der Waals surface area (Å²) in [6.07, 6.45) is -1.23. The number of aliphatic hydroxyl groups is 3. The molecule has 3 N–H and O–H groups in total. The molecular weight excluding hydrogens is 440 g/mol. The number of hydrogen-bond acceptors (Lipinski definition) is 13. The molecule has 1 heterocycles. The number of esters is 1. The minimum atomic E-state index is -1.26. The van der Waals surface area contributed by atoms with Crippen molar-refractivity contribution >= 4 is 17.9 Å². The lowest BCUT2D eigenvalue weighted by molar-refractivity contribution is -0.307. The Hall–Kier alpha value is -1.87. The molecule has 0 amide bonds. The smallest absolute Gasteiger partial charge is 0.320 e. The zero-order valence-electron chi connectivity index (χ0n) is 19.1. The molecule has 2 atom stereocenters. The van der Waals surface area contributed by atoms with Gasteiger partial charge in [0.05, 0.1) is 50.4 Å². The second-order valence-corrected chi connectivity index (χ2v) is 7.91. The molecule has 1 saturated heterocycles. The van der Waals surface area contributed by atoms with E-state index in [0.717, 1.165) is 0 Å². The monoisotopic (exact) mass is 476 g/mol. The van der Waals surface area contributed by atoms with Gasteiger partial charge >= 0.3 is 5.97 Å². The maximum absolute atomic E-state index is 12.0. The number of carbonyl (C=O) groups is 3. The number of nitrogens with zero attached hydrogens (tertiary/aromatic N) is 4. The highest BCUT2D eigenvalue weighted by atomic mass is 16.5. The van der Waals surface area contributed by atoms with Crippen molar-refractivity contribution in [3.05, 3.63) is 0 Å². The van der Waals surface area contributed by atoms with Crippen molar-refractivity contribution in [2.75, 3.05) is 91.8 Å². The number of aliphatic carboxylic acids is 2. The van der Waals surface area contributed by atoms with E-state index in [1.807, 2.05) is 0 Å². The van der Waals surface area contributed by atoms with Gasteiger partial charge in [-0.1, -0.05) is 0 Å². The van der Waals surface area contributed by atoms with Crippen LogP contribution >= 0.6 is 0 Å². The van der Waals surface area contributed by atoms with Crippen LogP contribution in [0.3, 0.4) is 0 Å². The highest BCUT2D eigenvalue weighted by molar-refractivity contribution is 5.71. The van der Waals surface area contributed by atoms with Crippen LogP contribution in [0.5, 0.6) is 0 Å². The summed E-state index contributed by atoms with van der Waals surface area (Å²) >= 11 is 0. The topological polar surface area (TPSA) is 180 Å². The molecule has 33 heavy (non-hydrogen) atoms. The SMILES string of the molecule is CCOC(=O)CN1CCN(CC(=O)[O-])CCN([C@H](CO)[C@H](O)CO)CCN(CC(=O)[O-])CC1. The predicted octanol–water partition coefficient (Wildman–Crippen LogP) is -6.01. The molecule has 0 bridgehead atoms. The third-order valence-electron chi connectivity index (χ3n) is 5.52. The summed E-state index contributed by atoms with van der Waals surface area (Å²) < 4.78 is 5.00. The highest BCUT2D eigenvalue weighted by Crippen LogP contribution is 2.08. The van der Waals surface area contributed by atoms with E-state index in [2.05, 4.69) is 0 Å². The van der Waals surface area contributed by atoms with Gasteiger partial charge in [-0.25, -0.2) is 0 Å². The molecule has 0 aromatic carbocycles. The number of aliphatic hydroxyl groups excluding tert-OH is 3. The zero-order valence-corrected chi connectivity index (χ0v) is 19.1. The van der Waals surface area contributed by atoms with Gasteiger partial charge in [0.25, 0.3) is 0 Å². The van der Waals surface area contributed by atoms with E-state index in [4.69, 9.17) is 4.74 Å². The molecule has 13 nitrogen and oxygen atoms in total. The predicted molar refractivity (Wildman–Crippen MR) is 112 cm³/mol. The quantitative estimate of drug-likeness (QED) is 0.240. The first-order chi connectivity index (χ1) is 15.7. The zero-order chi connectivity index (χ0) is 24.8. The molecule has 1 rings (SSSR count). The molecule has 0 saturated carbocycles. The third kappa shape index (κ3) is 11.7. The minimum Gasteiger partial charge on any atom is -0.549 e. The van der Waals surface area contributed by atoms with E-state index < -0.39 is 43.3 Å². The first kappa shape index (κ1) is 29.2. The molecule has 1 aliphatic rings. The summed E-state index contributed by atoms with van der Waals surface area (Å²) in [5, 5.41) is 51.6. The summed E-state index contributed by atoms with van der Waals surface area (Å²) in [4.78, 5) is 41.1. The summed E-state index contributed by atoms with van der Waals surface area (Å²) in [5.41, 5.74) is 0. The van der Waals surface area contributed by atoms with Crippen LogP contribution in [-0.4, -0.2) is 157 Å². The third-order valence-corrected chi connectivity index (χ3v) is 5.52. The van der Waals surface area contributed by atoms with Gasteiger partial charge in [0.15, 0.2) is 0 Å². The van der Waals surface area contributed by atoms with Crippen molar-refractivity contribution < 1.29 is 44.7 Å². The average Bonchev–Trinajstić information content (AvgIpc) is 2.74. The van der Waals surface area contributed by atoms with Crippen molar-refractivity contribution in [1.29, 1.82) is 0 Å². The molecule has 0 aliphatic carbocycles. The van der Waals surface area contributed by atoms with E-state index in [-0.39, 0.29) is 65.5 Å². The van der Waals surface area contributed by atoms with Crippen LogP contribution in [0.2, 0.25) is 0 Å². The normalized spacial score (nSPS) is 20.4. The molecule has 1 aliphatic heterocycles. The Bertz CT molecular complexity index is 578. The van der Waals surface area contributed by atoms with Crippen molar-refractivity contribution in [1.82, 2.24) is 19.6 Å². The van der Waals surface area contributed by atoms with Gasteiger partial charge in [0.1, 0.15) is 0 Å². The Balaban J connectivity index is 3.06. The maximum Gasteiger partial charge on any atom is 0.320 e. The van der Waals surface area contributed by atoms with Crippen molar-refractivity contribution in [3.8, 4) is 0 Å². The fourth-order valence-corrected chi connectivity index (χ4v) is 3.72. The van der Waals surface area contributed by atoms with Crippen molar-refractivity contribution in [2.24, 2.45) is 0 Å². The van der Waals surface area contributed by atoms with E-state index >= 15 is 0 Å². The summed E-state index contributed by atoms with van der Waals surface area (Å²) in [7, 11) is 0. The van der Waals surface area contributed by atoms with Gasteiger partial charge in [-0.2, -0.15) is 0 Å². The lowest BCUT2D eigenvalue weighted by Crippen LogP contribution is -2.55. The van der Waals surface area contributed by atoms with Crippen LogP contribution < -0.4 is 10.2 Å². The lowest BCUT2D eigenvalue weighted by Gasteiger charge is -2.38. The molecule has 0 radical (unpaired) electrons. The Labute approximate surface area is 193 Å². The number of carboxylic acids is 2. The Morgan fingerprint density at radius 3 is 1.58 bits per heavy atom. The summed E-state index contributed by atoms with van der Waals surface area (Å²) in [5.74, 6) is -2.96. The Kier molecular flexibility index (Phi) is 14.0. The largest absolute Gasteiger partial charge is 0.549 e. The van der Waals surface area contributed by atoms with E-state index in [9.17, 15) is 39.9 Å². The highest BCUT2D eigenvalue weighted by Gasteiger charge is 2.27. The number of ether oxygens (including phenoxy) is 1. The fourth-order valence-electron chi connectivity index (χ4n) is 3.72. The van der Waals surface area contributed by atoms with Crippen LogP contribution in [0.25, 0.3) is 0 Å². The second kappa shape index (κ2) is 15.9. The first-order valence-electron chi connectivity index (χ1n) is 11.1. The van der Waals surface area contributed by atoms with Crippen LogP contribution in [0.4, 0.5) is 0 Å². The fraction of sp³-hybridized carbons (Fsp3) is 0.850. The van der Waals surface area contributed by atoms with Crippen LogP contribution in [0, 0.1) is 0 Å². The van der Waals surface area contributed by atoms with Crippen LogP contribution in [0.1, 0.15) is 6.92 Å². The first-order valence-corrected chi connectivity index (χ1v) is 11.1. The molecule has 1 fully saturated rings. The molecule has 0 aromatic heterocycles. The van der Waals surface area contributed by atoms with Gasteiger partial charge in [-0.05, 0) is 6.92 Å². The minimum absolute atomic E-state index is 0.0203. The average molecular weight is 477 g/mol. The van der Waals surface area contributed by atoms with Crippen molar-refractivity contribution in [3.63, 3.8) is 0 Å². The lowest BCUT2D eigenvalue weighted by atomic mass is 10.1.